The smallest absolute Gasteiger partial charge is 0.258 e. The van der Waals surface area contributed by atoms with E-state index in [1.54, 1.807) is 36.1 Å². The molecule has 1 atom stereocenters. The summed E-state index contributed by atoms with van der Waals surface area (Å²) >= 11 is 0. The number of rotatable bonds is 5. The maximum atomic E-state index is 12.8. The molecule has 5 rings (SSSR count). The molecule has 0 saturated heterocycles. The van der Waals surface area contributed by atoms with Crippen molar-refractivity contribution in [3.05, 3.63) is 107 Å². The van der Waals surface area contributed by atoms with E-state index < -0.39 is 0 Å². The van der Waals surface area contributed by atoms with Crippen LogP contribution in [0.2, 0.25) is 0 Å². The van der Waals surface area contributed by atoms with Crippen molar-refractivity contribution in [2.75, 3.05) is 17.7 Å². The number of nitrogens with one attached hydrogen (secondary N) is 2. The van der Waals surface area contributed by atoms with Crippen LogP contribution in [0.25, 0.3) is 5.70 Å². The molecule has 1 aliphatic heterocycles. The van der Waals surface area contributed by atoms with E-state index >= 15 is 0 Å². The first kappa shape index (κ1) is 20.5. The summed E-state index contributed by atoms with van der Waals surface area (Å²) in [5.74, 6) is 1.09. The molecule has 0 saturated carbocycles. The number of benzene rings is 3. The molecular weight excluding hydrogens is 414 g/mol. The monoisotopic (exact) mass is 437 g/mol. The number of ether oxygens (including phenoxy) is 1. The second kappa shape index (κ2) is 8.63. The second-order valence-corrected chi connectivity index (χ2v) is 7.82. The zero-order valence-electron chi connectivity index (χ0n) is 18.3. The minimum absolute atomic E-state index is 0.174. The number of carbonyl (C=O) groups excluding carboxylic acids is 1. The number of fused-ring (bicyclic) bond motifs is 1. The molecule has 1 unspecified atom stereocenters. The molecule has 1 amide bonds. The average molecular weight is 438 g/mol. The topological polar surface area (TPSA) is 81.1 Å². The van der Waals surface area contributed by atoms with Crippen LogP contribution in [-0.4, -0.2) is 27.8 Å². The van der Waals surface area contributed by atoms with Crippen molar-refractivity contribution in [2.45, 2.75) is 13.0 Å². The van der Waals surface area contributed by atoms with E-state index in [2.05, 4.69) is 58.0 Å². The van der Waals surface area contributed by atoms with E-state index in [0.717, 1.165) is 16.8 Å². The number of aromatic nitrogens is 3. The number of carbonyl (C=O) groups is 1. The van der Waals surface area contributed by atoms with Gasteiger partial charge in [-0.15, -0.1) is 5.10 Å². The summed E-state index contributed by atoms with van der Waals surface area (Å²) in [5.41, 5.74) is 4.71. The lowest BCUT2D eigenvalue weighted by Crippen LogP contribution is -2.20. The number of methoxy groups -OCH3 is 1. The fraction of sp³-hybridized carbons (Fsp3) is 0.115. The van der Waals surface area contributed by atoms with Gasteiger partial charge in [0.1, 0.15) is 11.8 Å². The van der Waals surface area contributed by atoms with Crippen LogP contribution in [0, 0.1) is 6.92 Å². The highest BCUT2D eigenvalue weighted by atomic mass is 16.5. The molecule has 0 fully saturated rings. The van der Waals surface area contributed by atoms with Crippen molar-refractivity contribution >= 4 is 23.5 Å². The summed E-state index contributed by atoms with van der Waals surface area (Å²) in [6.07, 6.45) is 2.12. The molecule has 4 aromatic rings. The van der Waals surface area contributed by atoms with Gasteiger partial charge in [0.25, 0.3) is 11.9 Å². The molecule has 3 aromatic carbocycles. The molecule has 7 heteroatoms. The van der Waals surface area contributed by atoms with Crippen LogP contribution < -0.4 is 15.4 Å². The molecule has 1 aromatic heterocycles. The van der Waals surface area contributed by atoms with Gasteiger partial charge in [0.15, 0.2) is 0 Å². The molecule has 1 aliphatic rings. The van der Waals surface area contributed by atoms with E-state index in [1.807, 2.05) is 30.3 Å². The molecular formula is C26H23N5O2. The summed E-state index contributed by atoms with van der Waals surface area (Å²) in [5, 5.41) is 10.8. The van der Waals surface area contributed by atoms with Gasteiger partial charge in [-0.05, 0) is 42.3 Å². The van der Waals surface area contributed by atoms with E-state index in [1.165, 1.54) is 5.56 Å². The quantitative estimate of drug-likeness (QED) is 0.464. The highest BCUT2D eigenvalue weighted by Crippen LogP contribution is 2.33. The zero-order valence-corrected chi connectivity index (χ0v) is 18.3. The number of hydrogen-bond acceptors (Lipinski definition) is 5. The predicted octanol–water partition coefficient (Wildman–Crippen LogP) is 4.90. The molecule has 0 aliphatic carbocycles. The van der Waals surface area contributed by atoms with E-state index in [0.29, 0.717) is 17.3 Å². The van der Waals surface area contributed by atoms with Gasteiger partial charge in [-0.2, -0.15) is 4.98 Å². The Morgan fingerprint density at radius 2 is 1.82 bits per heavy atom. The molecule has 164 valence electrons. The SMILES string of the molecule is COc1cccc(C(=O)Nc2nc3n(n2)C(c2ccc(C)cc2)C=C(c2ccccc2)N3)c1. The van der Waals surface area contributed by atoms with Crippen LogP contribution in [0.1, 0.15) is 33.1 Å². The largest absolute Gasteiger partial charge is 0.497 e. The first-order valence-electron chi connectivity index (χ1n) is 10.6. The minimum atomic E-state index is -0.306. The van der Waals surface area contributed by atoms with Crippen LogP contribution in [-0.2, 0) is 0 Å². The Morgan fingerprint density at radius 1 is 1.03 bits per heavy atom. The number of amides is 1. The van der Waals surface area contributed by atoms with Gasteiger partial charge in [-0.25, -0.2) is 4.68 Å². The first-order chi connectivity index (χ1) is 16.1. The van der Waals surface area contributed by atoms with Crippen LogP contribution in [0.15, 0.2) is 84.9 Å². The number of allylic oxidation sites excluding steroid dienone is 1. The van der Waals surface area contributed by atoms with Gasteiger partial charge in [0.05, 0.1) is 7.11 Å². The Morgan fingerprint density at radius 3 is 2.58 bits per heavy atom. The first-order valence-corrected chi connectivity index (χ1v) is 10.6. The zero-order chi connectivity index (χ0) is 22.8. The summed E-state index contributed by atoms with van der Waals surface area (Å²) in [6.45, 7) is 2.06. The number of anilines is 2. The molecule has 0 bridgehead atoms. The lowest BCUT2D eigenvalue weighted by Gasteiger charge is -2.24. The molecule has 7 nitrogen and oxygen atoms in total. The Hall–Kier alpha value is -4.39. The fourth-order valence-electron chi connectivity index (χ4n) is 3.77. The highest BCUT2D eigenvalue weighted by molar-refractivity contribution is 6.03. The number of nitrogens with zero attached hydrogens (tertiary/aromatic N) is 3. The molecule has 2 N–H and O–H groups in total. The van der Waals surface area contributed by atoms with Gasteiger partial charge < -0.3 is 10.1 Å². The second-order valence-electron chi connectivity index (χ2n) is 7.82. The third kappa shape index (κ3) is 4.21. The lowest BCUT2D eigenvalue weighted by atomic mass is 10.0. The Kier molecular flexibility index (Phi) is 5.36. The van der Waals surface area contributed by atoms with Crippen molar-refractivity contribution in [1.82, 2.24) is 14.8 Å². The number of aryl methyl sites for hydroxylation is 1. The number of hydrogen-bond donors (Lipinski definition) is 2. The van der Waals surface area contributed by atoms with Crippen LogP contribution in [0.4, 0.5) is 11.9 Å². The van der Waals surface area contributed by atoms with Crippen molar-refractivity contribution in [2.24, 2.45) is 0 Å². The summed E-state index contributed by atoms with van der Waals surface area (Å²) < 4.78 is 7.00. The van der Waals surface area contributed by atoms with Crippen LogP contribution in [0.5, 0.6) is 5.75 Å². The van der Waals surface area contributed by atoms with Crippen LogP contribution >= 0.6 is 0 Å². The highest BCUT2D eigenvalue weighted by Gasteiger charge is 2.26. The maximum absolute atomic E-state index is 12.8. The Balaban J connectivity index is 1.49. The molecule has 0 spiro atoms. The van der Waals surface area contributed by atoms with Crippen molar-refractivity contribution < 1.29 is 9.53 Å². The molecule has 2 heterocycles. The van der Waals surface area contributed by atoms with Gasteiger partial charge in [0.2, 0.25) is 5.95 Å². The van der Waals surface area contributed by atoms with Crippen molar-refractivity contribution in [1.29, 1.82) is 0 Å². The van der Waals surface area contributed by atoms with Gasteiger partial charge >= 0.3 is 0 Å². The van der Waals surface area contributed by atoms with Crippen molar-refractivity contribution in [3.63, 3.8) is 0 Å². The van der Waals surface area contributed by atoms with E-state index in [-0.39, 0.29) is 17.9 Å². The Labute approximate surface area is 191 Å². The van der Waals surface area contributed by atoms with E-state index in [4.69, 9.17) is 4.74 Å². The lowest BCUT2D eigenvalue weighted by molar-refractivity contribution is 0.102. The van der Waals surface area contributed by atoms with Gasteiger partial charge in [-0.1, -0.05) is 66.2 Å². The average Bonchev–Trinajstić information content (AvgIpc) is 3.27. The van der Waals surface area contributed by atoms with Crippen molar-refractivity contribution in [3.8, 4) is 5.75 Å². The third-order valence-electron chi connectivity index (χ3n) is 5.53. The summed E-state index contributed by atoms with van der Waals surface area (Å²) in [7, 11) is 1.57. The summed E-state index contributed by atoms with van der Waals surface area (Å²) in [6, 6.07) is 25.2. The van der Waals surface area contributed by atoms with Gasteiger partial charge in [0, 0.05) is 11.3 Å². The maximum Gasteiger partial charge on any atom is 0.258 e. The molecule has 33 heavy (non-hydrogen) atoms. The summed E-state index contributed by atoms with van der Waals surface area (Å²) in [4.78, 5) is 17.3. The fourth-order valence-corrected chi connectivity index (χ4v) is 3.77. The standard InChI is InChI=1S/C26H23N5O2/c1-17-11-13-19(14-12-17)23-16-22(18-7-4-3-5-8-18)27-26-29-25(30-31(23)26)28-24(32)20-9-6-10-21(15-20)33-2/h3-16,23H,1-2H3,(H2,27,28,29,30,32). The normalized spacial score (nSPS) is 14.6. The van der Waals surface area contributed by atoms with Crippen LogP contribution in [0.3, 0.4) is 0 Å². The Bertz CT molecular complexity index is 1330. The minimum Gasteiger partial charge on any atom is -0.497 e. The molecule has 0 radical (unpaired) electrons. The van der Waals surface area contributed by atoms with Gasteiger partial charge in [-0.3, -0.25) is 10.1 Å². The van der Waals surface area contributed by atoms with E-state index in [9.17, 15) is 4.79 Å². The predicted molar refractivity (Wildman–Crippen MR) is 128 cm³/mol. The third-order valence-corrected chi connectivity index (χ3v) is 5.53.